The Balaban J connectivity index is 2.36. The molecule has 6 heteroatoms. The third kappa shape index (κ3) is 2.60. The molecule has 1 aliphatic heterocycles. The van der Waals surface area contributed by atoms with Gasteiger partial charge in [-0.3, -0.25) is 9.59 Å². The first kappa shape index (κ1) is 14.3. The van der Waals surface area contributed by atoms with Gasteiger partial charge in [-0.05, 0) is 18.1 Å². The van der Waals surface area contributed by atoms with Crippen molar-refractivity contribution in [3.8, 4) is 5.75 Å². The molecule has 2 amide bonds. The van der Waals surface area contributed by atoms with Crippen LogP contribution in [0.5, 0.6) is 5.75 Å². The molecule has 6 nitrogen and oxygen atoms in total. The smallest absolute Gasteiger partial charge is 0.260 e. The molecular formula is C14H19N3O3. The molecule has 4 N–H and O–H groups in total. The number of para-hydroxylation sites is 2. The molecule has 1 aliphatic rings. The zero-order chi connectivity index (χ0) is 14.9. The number of benzene rings is 1. The van der Waals surface area contributed by atoms with Gasteiger partial charge >= 0.3 is 0 Å². The van der Waals surface area contributed by atoms with Gasteiger partial charge in [0.15, 0.2) is 6.10 Å². The Morgan fingerprint density at radius 3 is 2.60 bits per heavy atom. The maximum absolute atomic E-state index is 12.5. The SMILES string of the molecule is CC(C)[C@H](N)C(=O)N1CC(C(N)=O)Oc2ccccc21. The molecule has 0 fully saturated rings. The summed E-state index contributed by atoms with van der Waals surface area (Å²) in [7, 11) is 0. The topological polar surface area (TPSA) is 98.7 Å². The van der Waals surface area contributed by atoms with Gasteiger partial charge in [0.25, 0.3) is 5.91 Å². The van der Waals surface area contributed by atoms with Crippen molar-refractivity contribution in [3.63, 3.8) is 0 Å². The molecule has 0 aliphatic carbocycles. The lowest BCUT2D eigenvalue weighted by molar-refractivity contribution is -0.125. The van der Waals surface area contributed by atoms with Gasteiger partial charge in [-0.15, -0.1) is 0 Å². The molecule has 1 aromatic rings. The highest BCUT2D eigenvalue weighted by molar-refractivity contribution is 6.00. The van der Waals surface area contributed by atoms with Crippen LogP contribution in [-0.2, 0) is 9.59 Å². The van der Waals surface area contributed by atoms with Crippen LogP contribution >= 0.6 is 0 Å². The van der Waals surface area contributed by atoms with E-state index in [2.05, 4.69) is 0 Å². The second-order valence-corrected chi connectivity index (χ2v) is 5.20. The van der Waals surface area contributed by atoms with Gasteiger partial charge in [-0.1, -0.05) is 26.0 Å². The van der Waals surface area contributed by atoms with E-state index in [1.165, 1.54) is 4.90 Å². The van der Waals surface area contributed by atoms with Gasteiger partial charge in [-0.2, -0.15) is 0 Å². The monoisotopic (exact) mass is 277 g/mol. The Labute approximate surface area is 117 Å². The number of nitrogens with zero attached hydrogens (tertiary/aromatic N) is 1. The van der Waals surface area contributed by atoms with Gasteiger partial charge in [0.1, 0.15) is 5.75 Å². The Morgan fingerprint density at radius 2 is 2.00 bits per heavy atom. The summed E-state index contributed by atoms with van der Waals surface area (Å²) in [6.45, 7) is 3.84. The van der Waals surface area contributed by atoms with Crippen LogP contribution in [0.2, 0.25) is 0 Å². The number of primary amides is 1. The van der Waals surface area contributed by atoms with Crippen LogP contribution in [0.1, 0.15) is 13.8 Å². The van der Waals surface area contributed by atoms with Crippen molar-refractivity contribution in [2.24, 2.45) is 17.4 Å². The molecule has 1 heterocycles. The molecule has 0 saturated heterocycles. The van der Waals surface area contributed by atoms with E-state index < -0.39 is 18.1 Å². The lowest BCUT2D eigenvalue weighted by Gasteiger charge is -2.35. The Bertz CT molecular complexity index is 530. The number of hydrogen-bond donors (Lipinski definition) is 2. The predicted molar refractivity (Wildman–Crippen MR) is 75.2 cm³/mol. The minimum atomic E-state index is -0.854. The second-order valence-electron chi connectivity index (χ2n) is 5.20. The zero-order valence-electron chi connectivity index (χ0n) is 11.6. The Hall–Kier alpha value is -2.08. The van der Waals surface area contributed by atoms with Gasteiger partial charge in [0.2, 0.25) is 5.91 Å². The lowest BCUT2D eigenvalue weighted by Crippen LogP contribution is -2.54. The number of amides is 2. The molecule has 2 atom stereocenters. The molecule has 0 spiro atoms. The normalized spacial score (nSPS) is 19.2. The minimum Gasteiger partial charge on any atom is -0.477 e. The summed E-state index contributed by atoms with van der Waals surface area (Å²) in [5, 5.41) is 0. The van der Waals surface area contributed by atoms with Crippen LogP contribution in [0, 0.1) is 5.92 Å². The first-order valence-electron chi connectivity index (χ1n) is 6.53. The quantitative estimate of drug-likeness (QED) is 0.827. The molecule has 0 aromatic heterocycles. The second kappa shape index (κ2) is 5.50. The molecule has 0 bridgehead atoms. The van der Waals surface area contributed by atoms with Crippen LogP contribution < -0.4 is 21.1 Å². The average Bonchev–Trinajstić information content (AvgIpc) is 2.44. The van der Waals surface area contributed by atoms with E-state index in [-0.39, 0.29) is 18.4 Å². The minimum absolute atomic E-state index is 0.00420. The third-order valence-electron chi connectivity index (χ3n) is 3.36. The van der Waals surface area contributed by atoms with Crippen molar-refractivity contribution in [2.45, 2.75) is 26.0 Å². The van der Waals surface area contributed by atoms with Gasteiger partial charge in [0.05, 0.1) is 18.3 Å². The first-order chi connectivity index (χ1) is 9.41. The summed E-state index contributed by atoms with van der Waals surface area (Å²) in [5.74, 6) is -0.367. The number of hydrogen-bond acceptors (Lipinski definition) is 4. The summed E-state index contributed by atoms with van der Waals surface area (Å²) in [6.07, 6.45) is -0.854. The number of carbonyl (C=O) groups is 2. The van der Waals surface area contributed by atoms with Gasteiger partial charge < -0.3 is 21.1 Å². The fourth-order valence-corrected chi connectivity index (χ4v) is 2.06. The van der Waals surface area contributed by atoms with Crippen molar-refractivity contribution in [1.82, 2.24) is 0 Å². The molecule has 1 unspecified atom stereocenters. The number of anilines is 1. The predicted octanol–water partition coefficient (Wildman–Crippen LogP) is 0.249. The summed E-state index contributed by atoms with van der Waals surface area (Å²) >= 11 is 0. The highest BCUT2D eigenvalue weighted by Gasteiger charge is 2.35. The highest BCUT2D eigenvalue weighted by atomic mass is 16.5. The van der Waals surface area contributed by atoms with Crippen molar-refractivity contribution in [1.29, 1.82) is 0 Å². The van der Waals surface area contributed by atoms with E-state index in [1.807, 2.05) is 13.8 Å². The van der Waals surface area contributed by atoms with Crippen LogP contribution in [-0.4, -0.2) is 30.5 Å². The highest BCUT2D eigenvalue weighted by Crippen LogP contribution is 2.33. The summed E-state index contributed by atoms with van der Waals surface area (Å²) in [6, 6.07) is 6.40. The number of carbonyl (C=O) groups excluding carboxylic acids is 2. The molecule has 0 radical (unpaired) electrons. The van der Waals surface area contributed by atoms with E-state index in [0.29, 0.717) is 11.4 Å². The lowest BCUT2D eigenvalue weighted by atomic mass is 10.0. The first-order valence-corrected chi connectivity index (χ1v) is 6.53. The molecule has 0 saturated carbocycles. The average molecular weight is 277 g/mol. The molecular weight excluding hydrogens is 258 g/mol. The molecule has 20 heavy (non-hydrogen) atoms. The molecule has 108 valence electrons. The van der Waals surface area contributed by atoms with Crippen molar-refractivity contribution in [3.05, 3.63) is 24.3 Å². The zero-order valence-corrected chi connectivity index (χ0v) is 11.6. The van der Waals surface area contributed by atoms with Crippen LogP contribution in [0.4, 0.5) is 5.69 Å². The fraction of sp³-hybridized carbons (Fsp3) is 0.429. The van der Waals surface area contributed by atoms with Gasteiger partial charge in [0, 0.05) is 0 Å². The van der Waals surface area contributed by atoms with E-state index in [4.69, 9.17) is 16.2 Å². The Kier molecular flexibility index (Phi) is 3.94. The van der Waals surface area contributed by atoms with E-state index in [1.54, 1.807) is 24.3 Å². The molecule has 2 rings (SSSR count). The van der Waals surface area contributed by atoms with Crippen molar-refractivity contribution < 1.29 is 14.3 Å². The summed E-state index contributed by atoms with van der Waals surface area (Å²) in [4.78, 5) is 25.3. The van der Waals surface area contributed by atoms with Gasteiger partial charge in [-0.25, -0.2) is 0 Å². The number of nitrogens with two attached hydrogens (primary N) is 2. The van der Waals surface area contributed by atoms with Crippen LogP contribution in [0.3, 0.4) is 0 Å². The van der Waals surface area contributed by atoms with E-state index in [9.17, 15) is 9.59 Å². The molecule has 1 aromatic carbocycles. The van der Waals surface area contributed by atoms with Crippen molar-refractivity contribution >= 4 is 17.5 Å². The fourth-order valence-electron chi connectivity index (χ4n) is 2.06. The van der Waals surface area contributed by atoms with E-state index in [0.717, 1.165) is 0 Å². The largest absolute Gasteiger partial charge is 0.477 e. The number of ether oxygens (including phenoxy) is 1. The summed E-state index contributed by atoms with van der Waals surface area (Å²) < 4.78 is 5.50. The maximum Gasteiger partial charge on any atom is 0.260 e. The standard InChI is InChI=1S/C14H19N3O3/c1-8(2)12(15)14(19)17-7-11(13(16)18)20-10-6-4-3-5-9(10)17/h3-6,8,11-12H,7,15H2,1-2H3,(H2,16,18)/t11?,12-/m0/s1. The maximum atomic E-state index is 12.5. The van der Waals surface area contributed by atoms with Crippen molar-refractivity contribution in [2.75, 3.05) is 11.4 Å². The van der Waals surface area contributed by atoms with Crippen LogP contribution in [0.15, 0.2) is 24.3 Å². The number of fused-ring (bicyclic) bond motifs is 1. The van der Waals surface area contributed by atoms with Crippen LogP contribution in [0.25, 0.3) is 0 Å². The van der Waals surface area contributed by atoms with E-state index >= 15 is 0 Å². The third-order valence-corrected chi connectivity index (χ3v) is 3.36. The Morgan fingerprint density at radius 1 is 1.35 bits per heavy atom. The summed E-state index contributed by atoms with van der Waals surface area (Å²) in [5.41, 5.74) is 11.8. The number of rotatable bonds is 3.